The Morgan fingerprint density at radius 3 is 2.53 bits per heavy atom. The summed E-state index contributed by atoms with van der Waals surface area (Å²) in [6, 6.07) is 6.37. The highest BCUT2D eigenvalue weighted by Crippen LogP contribution is 2.15. The second-order valence-corrected chi connectivity index (χ2v) is 4.10. The molecule has 84 valence electrons. The van der Waals surface area contributed by atoms with Crippen molar-refractivity contribution >= 4 is 0 Å². The van der Waals surface area contributed by atoms with E-state index >= 15 is 0 Å². The number of hydrogen-bond acceptors (Lipinski definition) is 2. The van der Waals surface area contributed by atoms with E-state index in [1.165, 1.54) is 12.8 Å². The first-order valence-electron chi connectivity index (χ1n) is 5.93. The number of hydrogen-bond donors (Lipinski definition) is 1. The molecule has 2 heteroatoms. The van der Waals surface area contributed by atoms with Crippen molar-refractivity contribution in [2.24, 2.45) is 11.7 Å². The quantitative estimate of drug-likeness (QED) is 0.777. The van der Waals surface area contributed by atoms with Gasteiger partial charge >= 0.3 is 0 Å². The van der Waals surface area contributed by atoms with Crippen LogP contribution in [0.1, 0.15) is 38.8 Å². The van der Waals surface area contributed by atoms with Crippen LogP contribution in [0, 0.1) is 5.92 Å². The van der Waals surface area contributed by atoms with Crippen LogP contribution in [0.3, 0.4) is 0 Å². The van der Waals surface area contributed by atoms with E-state index in [1.54, 1.807) is 0 Å². The molecular formula is C13H22N2. The smallest absolute Gasteiger partial charge is 0.0404 e. The molecule has 0 aliphatic heterocycles. The lowest BCUT2D eigenvalue weighted by molar-refractivity contribution is 0.377. The minimum absolute atomic E-state index is 0.321. The maximum Gasteiger partial charge on any atom is 0.0404 e. The van der Waals surface area contributed by atoms with Gasteiger partial charge in [-0.2, -0.15) is 0 Å². The molecule has 0 saturated carbocycles. The van der Waals surface area contributed by atoms with E-state index in [-0.39, 0.29) is 0 Å². The number of aromatic nitrogens is 1. The SMILES string of the molecule is CCC(CC)C(N)CCc1ccccn1. The van der Waals surface area contributed by atoms with Crippen LogP contribution in [0.4, 0.5) is 0 Å². The summed E-state index contributed by atoms with van der Waals surface area (Å²) in [6.07, 6.45) is 6.25. The predicted molar refractivity (Wildman–Crippen MR) is 64.6 cm³/mol. The first kappa shape index (κ1) is 12.2. The third kappa shape index (κ3) is 4.00. The lowest BCUT2D eigenvalue weighted by Gasteiger charge is -2.20. The molecule has 1 unspecified atom stereocenters. The Morgan fingerprint density at radius 2 is 2.00 bits per heavy atom. The summed E-state index contributed by atoms with van der Waals surface area (Å²) in [7, 11) is 0. The van der Waals surface area contributed by atoms with Crippen LogP contribution in [0.5, 0.6) is 0 Å². The van der Waals surface area contributed by atoms with Crippen LogP contribution >= 0.6 is 0 Å². The van der Waals surface area contributed by atoms with Gasteiger partial charge in [0.15, 0.2) is 0 Å². The van der Waals surface area contributed by atoms with Crippen LogP contribution in [-0.2, 0) is 6.42 Å². The summed E-state index contributed by atoms with van der Waals surface area (Å²) >= 11 is 0. The van der Waals surface area contributed by atoms with Gasteiger partial charge in [-0.1, -0.05) is 32.8 Å². The number of rotatable bonds is 6. The molecule has 0 aliphatic rings. The van der Waals surface area contributed by atoms with Crippen LogP contribution in [0.2, 0.25) is 0 Å². The molecule has 1 heterocycles. The van der Waals surface area contributed by atoms with E-state index in [1.807, 2.05) is 18.3 Å². The second-order valence-electron chi connectivity index (χ2n) is 4.10. The van der Waals surface area contributed by atoms with Crippen LogP contribution in [-0.4, -0.2) is 11.0 Å². The van der Waals surface area contributed by atoms with Crippen molar-refractivity contribution in [3.05, 3.63) is 30.1 Å². The Balaban J connectivity index is 2.36. The zero-order valence-corrected chi connectivity index (χ0v) is 9.82. The van der Waals surface area contributed by atoms with Gasteiger partial charge in [0.1, 0.15) is 0 Å². The minimum atomic E-state index is 0.321. The van der Waals surface area contributed by atoms with Crippen molar-refractivity contribution in [2.45, 2.75) is 45.6 Å². The average molecular weight is 206 g/mol. The van der Waals surface area contributed by atoms with Gasteiger partial charge in [-0.3, -0.25) is 4.98 Å². The molecule has 1 aromatic heterocycles. The maximum atomic E-state index is 6.16. The number of nitrogens with two attached hydrogens (primary N) is 1. The molecule has 1 rings (SSSR count). The third-order valence-electron chi connectivity index (χ3n) is 3.11. The van der Waals surface area contributed by atoms with E-state index in [2.05, 4.69) is 24.9 Å². The zero-order valence-electron chi connectivity index (χ0n) is 9.82. The summed E-state index contributed by atoms with van der Waals surface area (Å²) in [5.74, 6) is 0.661. The highest BCUT2D eigenvalue weighted by atomic mass is 14.7. The maximum absolute atomic E-state index is 6.16. The Morgan fingerprint density at radius 1 is 1.27 bits per heavy atom. The Bertz CT molecular complexity index is 254. The second kappa shape index (κ2) is 6.57. The molecule has 0 amide bonds. The lowest BCUT2D eigenvalue weighted by Crippen LogP contribution is -2.29. The standard InChI is InChI=1S/C13H22N2/c1-3-11(4-2)13(14)9-8-12-7-5-6-10-15-12/h5-7,10-11,13H,3-4,8-9,14H2,1-2H3. The summed E-state index contributed by atoms with van der Waals surface area (Å²) in [5.41, 5.74) is 7.31. The monoisotopic (exact) mass is 206 g/mol. The summed E-state index contributed by atoms with van der Waals surface area (Å²) in [6.45, 7) is 4.43. The molecule has 15 heavy (non-hydrogen) atoms. The minimum Gasteiger partial charge on any atom is -0.327 e. The van der Waals surface area contributed by atoms with E-state index in [9.17, 15) is 0 Å². The average Bonchev–Trinajstić information content (AvgIpc) is 2.29. The lowest BCUT2D eigenvalue weighted by atomic mass is 9.91. The van der Waals surface area contributed by atoms with E-state index in [0.29, 0.717) is 12.0 Å². The number of pyridine rings is 1. The van der Waals surface area contributed by atoms with Crippen LogP contribution < -0.4 is 5.73 Å². The molecule has 2 nitrogen and oxygen atoms in total. The normalized spacial score (nSPS) is 13.1. The van der Waals surface area contributed by atoms with Crippen molar-refractivity contribution in [3.8, 4) is 0 Å². The highest BCUT2D eigenvalue weighted by molar-refractivity contribution is 5.03. The fourth-order valence-electron chi connectivity index (χ4n) is 1.99. The number of aryl methyl sites for hydroxylation is 1. The van der Waals surface area contributed by atoms with E-state index in [4.69, 9.17) is 5.73 Å². The van der Waals surface area contributed by atoms with Gasteiger partial charge < -0.3 is 5.73 Å². The highest BCUT2D eigenvalue weighted by Gasteiger charge is 2.13. The van der Waals surface area contributed by atoms with E-state index < -0.39 is 0 Å². The summed E-state index contributed by atoms with van der Waals surface area (Å²) in [4.78, 5) is 4.31. The largest absolute Gasteiger partial charge is 0.327 e. The fraction of sp³-hybridized carbons (Fsp3) is 0.615. The molecule has 0 saturated heterocycles. The Labute approximate surface area is 92.9 Å². The summed E-state index contributed by atoms with van der Waals surface area (Å²) < 4.78 is 0. The Kier molecular flexibility index (Phi) is 5.33. The molecule has 0 aliphatic carbocycles. The van der Waals surface area contributed by atoms with Crippen LogP contribution in [0.25, 0.3) is 0 Å². The first-order chi connectivity index (χ1) is 7.27. The summed E-state index contributed by atoms with van der Waals surface area (Å²) in [5, 5.41) is 0. The van der Waals surface area contributed by atoms with Gasteiger partial charge in [0.05, 0.1) is 0 Å². The van der Waals surface area contributed by atoms with Crippen LogP contribution in [0.15, 0.2) is 24.4 Å². The molecule has 0 spiro atoms. The molecular weight excluding hydrogens is 184 g/mol. The van der Waals surface area contributed by atoms with Crippen molar-refractivity contribution in [3.63, 3.8) is 0 Å². The molecule has 1 atom stereocenters. The third-order valence-corrected chi connectivity index (χ3v) is 3.11. The van der Waals surface area contributed by atoms with Crippen molar-refractivity contribution < 1.29 is 0 Å². The van der Waals surface area contributed by atoms with Gasteiger partial charge in [0.25, 0.3) is 0 Å². The molecule has 0 fully saturated rings. The zero-order chi connectivity index (χ0) is 11.1. The van der Waals surface area contributed by atoms with Gasteiger partial charge in [-0.15, -0.1) is 0 Å². The van der Waals surface area contributed by atoms with Crippen molar-refractivity contribution in [1.82, 2.24) is 4.98 Å². The Hall–Kier alpha value is -0.890. The van der Waals surface area contributed by atoms with Gasteiger partial charge in [-0.25, -0.2) is 0 Å². The van der Waals surface area contributed by atoms with Gasteiger partial charge in [0, 0.05) is 17.9 Å². The van der Waals surface area contributed by atoms with E-state index in [0.717, 1.165) is 18.5 Å². The predicted octanol–water partition coefficient (Wildman–Crippen LogP) is 2.78. The fourth-order valence-corrected chi connectivity index (χ4v) is 1.99. The molecule has 0 radical (unpaired) electrons. The first-order valence-corrected chi connectivity index (χ1v) is 5.93. The number of nitrogens with zero attached hydrogens (tertiary/aromatic N) is 1. The topological polar surface area (TPSA) is 38.9 Å². The molecule has 1 aromatic rings. The van der Waals surface area contributed by atoms with Crippen molar-refractivity contribution in [1.29, 1.82) is 0 Å². The van der Waals surface area contributed by atoms with Gasteiger partial charge in [0.2, 0.25) is 0 Å². The molecule has 2 N–H and O–H groups in total. The molecule has 0 aromatic carbocycles. The van der Waals surface area contributed by atoms with Crippen molar-refractivity contribution in [2.75, 3.05) is 0 Å². The van der Waals surface area contributed by atoms with Gasteiger partial charge in [-0.05, 0) is 30.9 Å². The molecule has 0 bridgehead atoms.